The number of aryl methyl sites for hydroxylation is 1. The quantitative estimate of drug-likeness (QED) is 0.812. The smallest absolute Gasteiger partial charge is 0.102 e. The van der Waals surface area contributed by atoms with Crippen LogP contribution < -0.4 is 5.32 Å². The van der Waals surface area contributed by atoms with Gasteiger partial charge in [-0.25, -0.2) is 0 Å². The van der Waals surface area contributed by atoms with Crippen molar-refractivity contribution in [3.8, 4) is 0 Å². The predicted molar refractivity (Wildman–Crippen MR) is 88.4 cm³/mol. The summed E-state index contributed by atoms with van der Waals surface area (Å²) in [6.07, 6.45) is 1.12. The minimum Gasteiger partial charge on any atom is -0.375 e. The van der Waals surface area contributed by atoms with Crippen molar-refractivity contribution in [2.75, 3.05) is 13.7 Å². The molecule has 0 radical (unpaired) electrons. The molecule has 0 heterocycles. The molecule has 2 aromatic rings. The molecule has 112 valence electrons. The fraction of sp³-hybridized carbons (Fsp3) is 0.368. The Morgan fingerprint density at radius 3 is 2.33 bits per heavy atom. The minimum absolute atomic E-state index is 0.0135. The third-order valence-corrected chi connectivity index (χ3v) is 3.70. The molecule has 0 aromatic heterocycles. The number of methoxy groups -OCH3 is 1. The molecule has 0 aliphatic carbocycles. The molecule has 21 heavy (non-hydrogen) atoms. The number of rotatable bonds is 7. The molecule has 2 rings (SSSR count). The summed E-state index contributed by atoms with van der Waals surface area (Å²) < 4.78 is 5.83. The highest BCUT2D eigenvalue weighted by Crippen LogP contribution is 2.31. The van der Waals surface area contributed by atoms with E-state index in [4.69, 9.17) is 4.74 Å². The molecule has 2 atom stereocenters. The first-order valence-corrected chi connectivity index (χ1v) is 7.64. The third-order valence-electron chi connectivity index (χ3n) is 3.70. The van der Waals surface area contributed by atoms with Crippen LogP contribution in [0.25, 0.3) is 0 Å². The Balaban J connectivity index is 2.33. The van der Waals surface area contributed by atoms with Crippen LogP contribution in [-0.4, -0.2) is 13.7 Å². The van der Waals surface area contributed by atoms with Crippen molar-refractivity contribution < 1.29 is 4.74 Å². The summed E-state index contributed by atoms with van der Waals surface area (Å²) in [4.78, 5) is 0. The van der Waals surface area contributed by atoms with Crippen molar-refractivity contribution in [1.29, 1.82) is 0 Å². The second-order valence-electron chi connectivity index (χ2n) is 5.41. The summed E-state index contributed by atoms with van der Waals surface area (Å²) in [5.74, 6) is 0. The van der Waals surface area contributed by atoms with Crippen LogP contribution in [0.15, 0.2) is 54.6 Å². The van der Waals surface area contributed by atoms with Gasteiger partial charge in [0, 0.05) is 7.11 Å². The number of hydrogen-bond donors (Lipinski definition) is 1. The molecule has 0 saturated heterocycles. The Kier molecular flexibility index (Phi) is 5.97. The first-order valence-electron chi connectivity index (χ1n) is 7.64. The highest BCUT2D eigenvalue weighted by Gasteiger charge is 2.24. The van der Waals surface area contributed by atoms with Crippen LogP contribution in [0, 0.1) is 6.92 Å². The molecule has 2 heteroatoms. The molecule has 1 N–H and O–H groups in total. The van der Waals surface area contributed by atoms with E-state index in [-0.39, 0.29) is 12.1 Å². The molecule has 2 aromatic carbocycles. The Morgan fingerprint density at radius 1 is 1.00 bits per heavy atom. The normalized spacial score (nSPS) is 13.9. The van der Waals surface area contributed by atoms with Gasteiger partial charge in [0.25, 0.3) is 0 Å². The Labute approximate surface area is 128 Å². The van der Waals surface area contributed by atoms with Crippen molar-refractivity contribution in [2.24, 2.45) is 0 Å². The maximum absolute atomic E-state index is 5.83. The monoisotopic (exact) mass is 283 g/mol. The number of ether oxygens (including phenoxy) is 1. The molecule has 2 nitrogen and oxygen atoms in total. The zero-order chi connectivity index (χ0) is 15.1. The fourth-order valence-corrected chi connectivity index (χ4v) is 2.67. The van der Waals surface area contributed by atoms with Crippen LogP contribution >= 0.6 is 0 Å². The van der Waals surface area contributed by atoms with Gasteiger partial charge < -0.3 is 10.1 Å². The van der Waals surface area contributed by atoms with E-state index in [1.165, 1.54) is 16.7 Å². The molecule has 2 unspecified atom stereocenters. The molecule has 0 aliphatic heterocycles. The number of benzene rings is 2. The van der Waals surface area contributed by atoms with Crippen molar-refractivity contribution >= 4 is 0 Å². The van der Waals surface area contributed by atoms with Gasteiger partial charge in [-0.1, -0.05) is 67.1 Å². The molecule has 0 spiro atoms. The molecule has 0 aliphatic rings. The van der Waals surface area contributed by atoms with Gasteiger partial charge in [0.05, 0.1) is 6.04 Å². The van der Waals surface area contributed by atoms with E-state index < -0.39 is 0 Å². The lowest BCUT2D eigenvalue weighted by molar-refractivity contribution is 0.0676. The average Bonchev–Trinajstić information content (AvgIpc) is 2.52. The first-order chi connectivity index (χ1) is 10.3. The molecular formula is C19H25NO. The maximum Gasteiger partial charge on any atom is 0.102 e. The van der Waals surface area contributed by atoms with Crippen molar-refractivity contribution in [2.45, 2.75) is 32.4 Å². The summed E-state index contributed by atoms with van der Waals surface area (Å²) >= 11 is 0. The third kappa shape index (κ3) is 4.16. The lowest BCUT2D eigenvalue weighted by atomic mass is 9.94. The van der Waals surface area contributed by atoms with E-state index in [1.54, 1.807) is 7.11 Å². The van der Waals surface area contributed by atoms with Gasteiger partial charge in [-0.15, -0.1) is 0 Å². The number of hydrogen-bond acceptors (Lipinski definition) is 2. The van der Waals surface area contributed by atoms with E-state index in [2.05, 4.69) is 67.7 Å². The predicted octanol–water partition coefficient (Wildman–Crippen LogP) is 4.42. The highest BCUT2D eigenvalue weighted by atomic mass is 16.5. The van der Waals surface area contributed by atoms with Crippen LogP contribution in [0.2, 0.25) is 0 Å². The van der Waals surface area contributed by atoms with Gasteiger partial charge in [0.2, 0.25) is 0 Å². The lowest BCUT2D eigenvalue weighted by Crippen LogP contribution is -2.29. The summed E-state index contributed by atoms with van der Waals surface area (Å²) in [5.41, 5.74) is 3.76. The van der Waals surface area contributed by atoms with Crippen molar-refractivity contribution in [3.05, 3.63) is 71.3 Å². The van der Waals surface area contributed by atoms with Crippen LogP contribution in [0.1, 0.15) is 42.2 Å². The summed E-state index contributed by atoms with van der Waals surface area (Å²) in [7, 11) is 1.79. The second kappa shape index (κ2) is 7.96. The Morgan fingerprint density at radius 2 is 1.71 bits per heavy atom. The first kappa shape index (κ1) is 15.7. The van der Waals surface area contributed by atoms with Crippen LogP contribution in [0.3, 0.4) is 0 Å². The van der Waals surface area contributed by atoms with Gasteiger partial charge >= 0.3 is 0 Å². The largest absolute Gasteiger partial charge is 0.375 e. The van der Waals surface area contributed by atoms with Crippen molar-refractivity contribution in [1.82, 2.24) is 5.32 Å². The highest BCUT2D eigenvalue weighted by molar-refractivity contribution is 5.29. The summed E-state index contributed by atoms with van der Waals surface area (Å²) in [6, 6.07) is 19.2. The fourth-order valence-electron chi connectivity index (χ4n) is 2.67. The van der Waals surface area contributed by atoms with Gasteiger partial charge in [0.15, 0.2) is 0 Å². The summed E-state index contributed by atoms with van der Waals surface area (Å²) in [6.45, 7) is 5.29. The topological polar surface area (TPSA) is 21.3 Å². The van der Waals surface area contributed by atoms with Gasteiger partial charge in [-0.3, -0.25) is 0 Å². The van der Waals surface area contributed by atoms with Crippen molar-refractivity contribution in [3.63, 3.8) is 0 Å². The minimum atomic E-state index is 0.0135. The van der Waals surface area contributed by atoms with E-state index in [0.717, 1.165) is 13.0 Å². The maximum atomic E-state index is 5.83. The Hall–Kier alpha value is -1.64. The molecule has 0 bridgehead atoms. The van der Waals surface area contributed by atoms with Gasteiger partial charge in [-0.2, -0.15) is 0 Å². The second-order valence-corrected chi connectivity index (χ2v) is 5.41. The SMILES string of the molecule is CCCNC(c1cccc(C)c1)C(OC)c1ccccc1. The van der Waals surface area contributed by atoms with Gasteiger partial charge in [-0.05, 0) is 31.0 Å². The van der Waals surface area contributed by atoms with E-state index in [0.29, 0.717) is 0 Å². The molecule has 0 amide bonds. The Bertz CT molecular complexity index is 538. The van der Waals surface area contributed by atoms with E-state index in [1.807, 2.05) is 6.07 Å². The van der Waals surface area contributed by atoms with Crippen LogP contribution in [-0.2, 0) is 4.74 Å². The molecule has 0 saturated carbocycles. The van der Waals surface area contributed by atoms with E-state index in [9.17, 15) is 0 Å². The molecule has 0 fully saturated rings. The molecular weight excluding hydrogens is 258 g/mol. The van der Waals surface area contributed by atoms with E-state index >= 15 is 0 Å². The zero-order valence-corrected chi connectivity index (χ0v) is 13.2. The average molecular weight is 283 g/mol. The zero-order valence-electron chi connectivity index (χ0n) is 13.2. The van der Waals surface area contributed by atoms with Crippen LogP contribution in [0.4, 0.5) is 0 Å². The number of nitrogens with one attached hydrogen (secondary N) is 1. The standard InChI is InChI=1S/C19H25NO/c1-4-13-20-18(17-12-8-9-15(2)14-17)19(21-3)16-10-6-5-7-11-16/h5-12,14,18-20H,4,13H2,1-3H3. The van der Waals surface area contributed by atoms with Gasteiger partial charge in [0.1, 0.15) is 6.10 Å². The summed E-state index contributed by atoms with van der Waals surface area (Å²) in [5, 5.41) is 3.64. The van der Waals surface area contributed by atoms with Crippen LogP contribution in [0.5, 0.6) is 0 Å². The lowest BCUT2D eigenvalue weighted by Gasteiger charge is -2.28.